The Balaban J connectivity index is 2.46. The van der Waals surface area contributed by atoms with Crippen molar-refractivity contribution >= 4 is 11.5 Å². The molecule has 0 amide bonds. The standard InChI is InChI=1S/C12H14FN5O2/c13-8-3-1-4-9(7-8)18(6-2-5-14)10-11(19)15-12(20)17-16-10/h1,3-4,7H,2,5-6,14H2,(H2,15,17,19,20). The van der Waals surface area contributed by atoms with Crippen LogP contribution in [0.1, 0.15) is 6.42 Å². The summed E-state index contributed by atoms with van der Waals surface area (Å²) in [7, 11) is 0. The summed E-state index contributed by atoms with van der Waals surface area (Å²) in [5.41, 5.74) is 4.58. The van der Waals surface area contributed by atoms with Gasteiger partial charge in [0.05, 0.1) is 0 Å². The Kier molecular flexibility index (Phi) is 4.26. The van der Waals surface area contributed by atoms with Crippen molar-refractivity contribution in [3.8, 4) is 0 Å². The molecule has 1 aromatic carbocycles. The first-order valence-corrected chi connectivity index (χ1v) is 6.04. The predicted octanol–water partition coefficient (Wildman–Crippen LogP) is 0.0842. The van der Waals surface area contributed by atoms with E-state index in [0.29, 0.717) is 25.2 Å². The zero-order valence-electron chi connectivity index (χ0n) is 10.6. The number of nitrogens with zero attached hydrogens (tertiary/aromatic N) is 2. The topological polar surface area (TPSA) is 108 Å². The van der Waals surface area contributed by atoms with Gasteiger partial charge in [0.1, 0.15) is 5.82 Å². The largest absolute Gasteiger partial charge is 0.342 e. The van der Waals surface area contributed by atoms with Crippen LogP contribution in [-0.2, 0) is 0 Å². The van der Waals surface area contributed by atoms with Crippen LogP contribution in [0.15, 0.2) is 33.9 Å². The van der Waals surface area contributed by atoms with Gasteiger partial charge in [-0.15, -0.1) is 5.10 Å². The van der Waals surface area contributed by atoms with Crippen molar-refractivity contribution in [1.82, 2.24) is 15.2 Å². The van der Waals surface area contributed by atoms with Crippen molar-refractivity contribution < 1.29 is 4.39 Å². The second-order valence-corrected chi connectivity index (χ2v) is 4.10. The van der Waals surface area contributed by atoms with Gasteiger partial charge < -0.3 is 10.6 Å². The molecule has 0 saturated carbocycles. The molecule has 0 atom stereocenters. The molecule has 106 valence electrons. The first-order chi connectivity index (χ1) is 9.61. The lowest BCUT2D eigenvalue weighted by Crippen LogP contribution is -2.33. The number of aromatic nitrogens is 3. The molecule has 1 heterocycles. The lowest BCUT2D eigenvalue weighted by Gasteiger charge is -2.22. The summed E-state index contributed by atoms with van der Waals surface area (Å²) in [6.45, 7) is 0.787. The van der Waals surface area contributed by atoms with Gasteiger partial charge in [0.15, 0.2) is 0 Å². The van der Waals surface area contributed by atoms with Gasteiger partial charge in [-0.05, 0) is 31.2 Å². The molecule has 0 fully saturated rings. The normalized spacial score (nSPS) is 10.5. The molecular formula is C12H14FN5O2. The van der Waals surface area contributed by atoms with Gasteiger partial charge in [-0.2, -0.15) is 0 Å². The first kappa shape index (κ1) is 13.9. The molecule has 0 aliphatic rings. The number of hydrogen-bond donors (Lipinski definition) is 3. The van der Waals surface area contributed by atoms with E-state index in [4.69, 9.17) is 5.73 Å². The average molecular weight is 279 g/mol. The molecule has 0 aliphatic heterocycles. The van der Waals surface area contributed by atoms with Crippen LogP contribution in [0.4, 0.5) is 15.9 Å². The maximum absolute atomic E-state index is 13.3. The van der Waals surface area contributed by atoms with Crippen molar-refractivity contribution in [2.24, 2.45) is 5.73 Å². The van der Waals surface area contributed by atoms with Crippen LogP contribution in [-0.4, -0.2) is 28.3 Å². The molecule has 0 aliphatic carbocycles. The van der Waals surface area contributed by atoms with Crippen molar-refractivity contribution in [3.63, 3.8) is 0 Å². The van der Waals surface area contributed by atoms with E-state index < -0.39 is 17.1 Å². The van der Waals surface area contributed by atoms with E-state index in [9.17, 15) is 14.0 Å². The van der Waals surface area contributed by atoms with E-state index in [1.54, 1.807) is 6.07 Å². The lowest BCUT2D eigenvalue weighted by molar-refractivity contribution is 0.627. The second kappa shape index (κ2) is 6.11. The van der Waals surface area contributed by atoms with Crippen LogP contribution in [0.25, 0.3) is 0 Å². The van der Waals surface area contributed by atoms with Gasteiger partial charge in [-0.1, -0.05) is 6.07 Å². The fraction of sp³-hybridized carbons (Fsp3) is 0.250. The molecular weight excluding hydrogens is 265 g/mol. The molecule has 20 heavy (non-hydrogen) atoms. The fourth-order valence-corrected chi connectivity index (χ4v) is 1.78. The number of hydrogen-bond acceptors (Lipinski definition) is 5. The Labute approximate surface area is 113 Å². The Hall–Kier alpha value is -2.48. The molecule has 0 saturated heterocycles. The van der Waals surface area contributed by atoms with Gasteiger partial charge in [0.2, 0.25) is 5.82 Å². The fourth-order valence-electron chi connectivity index (χ4n) is 1.78. The van der Waals surface area contributed by atoms with E-state index in [0.717, 1.165) is 0 Å². The van der Waals surface area contributed by atoms with Gasteiger partial charge in [-0.3, -0.25) is 9.78 Å². The summed E-state index contributed by atoms with van der Waals surface area (Å²) in [5.74, 6) is -0.440. The van der Waals surface area contributed by atoms with E-state index in [1.807, 2.05) is 0 Å². The summed E-state index contributed by atoms with van der Waals surface area (Å²) < 4.78 is 13.3. The van der Waals surface area contributed by atoms with Crippen LogP contribution < -0.4 is 21.9 Å². The summed E-state index contributed by atoms with van der Waals surface area (Å²) in [5, 5.41) is 5.87. The maximum Gasteiger partial charge on any atom is 0.342 e. The summed E-state index contributed by atoms with van der Waals surface area (Å²) in [6, 6.07) is 5.75. The van der Waals surface area contributed by atoms with Crippen molar-refractivity contribution in [2.75, 3.05) is 18.0 Å². The number of aromatic amines is 2. The number of nitrogens with one attached hydrogen (secondary N) is 2. The highest BCUT2D eigenvalue weighted by atomic mass is 19.1. The minimum Gasteiger partial charge on any atom is -0.330 e. The minimum atomic E-state index is -0.697. The zero-order valence-corrected chi connectivity index (χ0v) is 10.6. The van der Waals surface area contributed by atoms with Crippen LogP contribution in [0.3, 0.4) is 0 Å². The molecule has 1 aromatic heterocycles. The first-order valence-electron chi connectivity index (χ1n) is 6.04. The monoisotopic (exact) mass is 279 g/mol. The zero-order chi connectivity index (χ0) is 14.5. The number of rotatable bonds is 5. The van der Waals surface area contributed by atoms with Crippen LogP contribution in [0.5, 0.6) is 0 Å². The van der Waals surface area contributed by atoms with E-state index in [-0.39, 0.29) is 5.82 Å². The van der Waals surface area contributed by atoms with Crippen LogP contribution in [0.2, 0.25) is 0 Å². The minimum absolute atomic E-state index is 0.0105. The highest BCUT2D eigenvalue weighted by molar-refractivity contribution is 5.58. The van der Waals surface area contributed by atoms with Gasteiger partial charge in [-0.25, -0.2) is 14.3 Å². The van der Waals surface area contributed by atoms with Crippen molar-refractivity contribution in [2.45, 2.75) is 6.42 Å². The van der Waals surface area contributed by atoms with Crippen molar-refractivity contribution in [3.05, 3.63) is 50.9 Å². The smallest absolute Gasteiger partial charge is 0.330 e. The molecule has 0 unspecified atom stereocenters. The Morgan fingerprint density at radius 1 is 1.35 bits per heavy atom. The molecule has 0 radical (unpaired) electrons. The average Bonchev–Trinajstić information content (AvgIpc) is 2.41. The highest BCUT2D eigenvalue weighted by Gasteiger charge is 2.15. The van der Waals surface area contributed by atoms with Crippen molar-refractivity contribution in [1.29, 1.82) is 0 Å². The van der Waals surface area contributed by atoms with Gasteiger partial charge in [0, 0.05) is 12.2 Å². The number of halogens is 1. The maximum atomic E-state index is 13.3. The summed E-state index contributed by atoms with van der Waals surface area (Å²) >= 11 is 0. The number of H-pyrrole nitrogens is 2. The van der Waals surface area contributed by atoms with Gasteiger partial charge in [0.25, 0.3) is 5.56 Å². The van der Waals surface area contributed by atoms with E-state index >= 15 is 0 Å². The van der Waals surface area contributed by atoms with E-state index in [1.165, 1.54) is 23.1 Å². The van der Waals surface area contributed by atoms with Crippen LogP contribution >= 0.6 is 0 Å². The third kappa shape index (κ3) is 3.09. The van der Waals surface area contributed by atoms with Gasteiger partial charge >= 0.3 is 5.69 Å². The number of nitrogens with two attached hydrogens (primary N) is 1. The quantitative estimate of drug-likeness (QED) is 0.718. The Morgan fingerprint density at radius 3 is 2.80 bits per heavy atom. The molecule has 0 spiro atoms. The molecule has 4 N–H and O–H groups in total. The predicted molar refractivity (Wildman–Crippen MR) is 72.6 cm³/mol. The van der Waals surface area contributed by atoms with Crippen LogP contribution in [0, 0.1) is 5.82 Å². The summed E-state index contributed by atoms with van der Waals surface area (Å²) in [6.07, 6.45) is 0.580. The highest BCUT2D eigenvalue weighted by Crippen LogP contribution is 2.21. The third-order valence-electron chi connectivity index (χ3n) is 2.65. The Morgan fingerprint density at radius 2 is 2.15 bits per heavy atom. The SMILES string of the molecule is NCCCN(c1cccc(F)c1)c1n[nH]c(=O)[nH]c1=O. The van der Waals surface area contributed by atoms with E-state index in [2.05, 4.69) is 15.2 Å². The number of benzene rings is 1. The number of anilines is 2. The lowest BCUT2D eigenvalue weighted by atomic mass is 10.2. The molecule has 2 aromatic rings. The third-order valence-corrected chi connectivity index (χ3v) is 2.65. The summed E-state index contributed by atoms with van der Waals surface area (Å²) in [4.78, 5) is 26.4. The molecule has 8 heteroatoms. The molecule has 7 nitrogen and oxygen atoms in total. The second-order valence-electron chi connectivity index (χ2n) is 4.10. The molecule has 2 rings (SSSR count). The Bertz CT molecular complexity index is 696. The molecule has 0 bridgehead atoms.